The van der Waals surface area contributed by atoms with E-state index in [-0.39, 0.29) is 6.61 Å². The van der Waals surface area contributed by atoms with E-state index in [0.29, 0.717) is 41.7 Å². The van der Waals surface area contributed by atoms with Gasteiger partial charge in [-0.2, -0.15) is 5.26 Å². The van der Waals surface area contributed by atoms with Crippen molar-refractivity contribution in [2.75, 3.05) is 7.11 Å². The van der Waals surface area contributed by atoms with Crippen LogP contribution in [0.5, 0.6) is 11.5 Å². The minimum absolute atomic E-state index is 0.237. The molecular weight excluding hydrogens is 396 g/mol. The van der Waals surface area contributed by atoms with Gasteiger partial charge in [-0.3, -0.25) is 4.79 Å². The van der Waals surface area contributed by atoms with Gasteiger partial charge in [0.25, 0.3) is 0 Å². The number of carbonyl (C=O) groups excluding carboxylic acids is 1. The highest BCUT2D eigenvalue weighted by Gasteiger charge is 2.15. The Bertz CT molecular complexity index is 1070. The fraction of sp³-hybridized carbons (Fsp3) is 0.292. The Morgan fingerprint density at radius 2 is 1.97 bits per heavy atom. The van der Waals surface area contributed by atoms with Crippen LogP contribution in [0.2, 0.25) is 0 Å². The summed E-state index contributed by atoms with van der Waals surface area (Å²) in [6.45, 7) is 3.38. The SMILES string of the molecule is COc1cc(CCC(C#N)OC(C)=O)ccc1OCc1nc(-c2ccccc2)oc1C. The molecule has 0 saturated heterocycles. The minimum Gasteiger partial charge on any atom is -0.493 e. The van der Waals surface area contributed by atoms with Crippen molar-refractivity contribution in [1.29, 1.82) is 5.26 Å². The molecular formula is C24H24N2O5. The summed E-state index contributed by atoms with van der Waals surface area (Å²) in [6.07, 6.45) is 0.193. The lowest BCUT2D eigenvalue weighted by molar-refractivity contribution is -0.144. The van der Waals surface area contributed by atoms with Crippen LogP contribution in [-0.4, -0.2) is 24.2 Å². The molecule has 3 aromatic rings. The van der Waals surface area contributed by atoms with Gasteiger partial charge < -0.3 is 18.6 Å². The molecule has 0 aliphatic heterocycles. The number of hydrogen-bond acceptors (Lipinski definition) is 7. The number of hydrogen-bond donors (Lipinski definition) is 0. The number of esters is 1. The first kappa shape index (κ1) is 21.9. The number of benzene rings is 2. The van der Waals surface area contributed by atoms with Crippen LogP contribution in [0.25, 0.3) is 11.5 Å². The molecule has 0 fully saturated rings. The Morgan fingerprint density at radius 1 is 1.19 bits per heavy atom. The van der Waals surface area contributed by atoms with Gasteiger partial charge in [0.05, 0.1) is 7.11 Å². The number of oxazole rings is 1. The third-order valence-electron chi connectivity index (χ3n) is 4.65. The van der Waals surface area contributed by atoms with E-state index in [9.17, 15) is 4.79 Å². The molecule has 3 rings (SSSR count). The molecule has 0 N–H and O–H groups in total. The summed E-state index contributed by atoms with van der Waals surface area (Å²) < 4.78 is 22.1. The van der Waals surface area contributed by atoms with Crippen LogP contribution < -0.4 is 9.47 Å². The second-order valence-electron chi connectivity index (χ2n) is 6.93. The van der Waals surface area contributed by atoms with Crippen molar-refractivity contribution in [1.82, 2.24) is 4.98 Å². The molecule has 0 bridgehead atoms. The van der Waals surface area contributed by atoms with Crippen LogP contribution in [0.3, 0.4) is 0 Å². The maximum Gasteiger partial charge on any atom is 0.303 e. The number of rotatable bonds is 9. The van der Waals surface area contributed by atoms with Gasteiger partial charge in [-0.15, -0.1) is 0 Å². The topological polar surface area (TPSA) is 94.6 Å². The van der Waals surface area contributed by atoms with Gasteiger partial charge >= 0.3 is 5.97 Å². The van der Waals surface area contributed by atoms with Gasteiger partial charge in [-0.05, 0) is 43.2 Å². The van der Waals surface area contributed by atoms with Crippen molar-refractivity contribution in [2.45, 2.75) is 39.4 Å². The number of nitriles is 1. The van der Waals surface area contributed by atoms with E-state index in [4.69, 9.17) is 23.9 Å². The summed E-state index contributed by atoms with van der Waals surface area (Å²) in [5, 5.41) is 9.09. The molecule has 0 aliphatic carbocycles. The Labute approximate surface area is 181 Å². The summed E-state index contributed by atoms with van der Waals surface area (Å²) in [4.78, 5) is 15.6. The van der Waals surface area contributed by atoms with Crippen LogP contribution >= 0.6 is 0 Å². The number of aryl methyl sites for hydroxylation is 2. The average molecular weight is 420 g/mol. The number of methoxy groups -OCH3 is 1. The number of nitrogens with zero attached hydrogens (tertiary/aromatic N) is 2. The molecule has 7 nitrogen and oxygen atoms in total. The second-order valence-corrected chi connectivity index (χ2v) is 6.93. The van der Waals surface area contributed by atoms with Gasteiger partial charge in [0, 0.05) is 18.9 Å². The molecule has 2 aromatic carbocycles. The molecule has 0 aliphatic rings. The lowest BCUT2D eigenvalue weighted by Gasteiger charge is -2.13. The van der Waals surface area contributed by atoms with E-state index in [2.05, 4.69) is 4.98 Å². The molecule has 0 saturated carbocycles. The number of ether oxygens (including phenoxy) is 3. The standard InChI is InChI=1S/C24H24N2O5/c1-16-21(26-24(30-16)19-7-5-4-6-8-19)15-29-22-12-10-18(13-23(22)28-3)9-11-20(14-25)31-17(2)27/h4-8,10,12-13,20H,9,11,15H2,1-3H3. The van der Waals surface area contributed by atoms with Crippen LogP contribution in [-0.2, 0) is 22.6 Å². The normalized spacial score (nSPS) is 11.4. The zero-order valence-electron chi connectivity index (χ0n) is 17.8. The smallest absolute Gasteiger partial charge is 0.303 e. The van der Waals surface area contributed by atoms with Crippen molar-refractivity contribution in [3.8, 4) is 29.0 Å². The zero-order valence-corrected chi connectivity index (χ0v) is 17.8. The van der Waals surface area contributed by atoms with E-state index in [1.165, 1.54) is 6.92 Å². The maximum absolute atomic E-state index is 11.0. The molecule has 160 valence electrons. The van der Waals surface area contributed by atoms with Crippen LogP contribution in [0.4, 0.5) is 0 Å². The summed E-state index contributed by atoms with van der Waals surface area (Å²) in [5.41, 5.74) is 2.56. The summed E-state index contributed by atoms with van der Waals surface area (Å²) in [6, 6.07) is 17.2. The molecule has 0 amide bonds. The van der Waals surface area contributed by atoms with Crippen molar-refractivity contribution in [3.63, 3.8) is 0 Å². The van der Waals surface area contributed by atoms with E-state index in [1.54, 1.807) is 7.11 Å². The second kappa shape index (κ2) is 10.3. The molecule has 7 heteroatoms. The van der Waals surface area contributed by atoms with E-state index >= 15 is 0 Å². The van der Waals surface area contributed by atoms with Gasteiger partial charge in [0.1, 0.15) is 24.1 Å². The maximum atomic E-state index is 11.0. The lowest BCUT2D eigenvalue weighted by Crippen LogP contribution is -2.14. The van der Waals surface area contributed by atoms with Gasteiger partial charge in [-0.1, -0.05) is 24.3 Å². The molecule has 1 aromatic heterocycles. The Morgan fingerprint density at radius 3 is 2.65 bits per heavy atom. The quantitative estimate of drug-likeness (QED) is 0.466. The van der Waals surface area contributed by atoms with Gasteiger partial charge in [-0.25, -0.2) is 4.98 Å². The summed E-state index contributed by atoms with van der Waals surface area (Å²) >= 11 is 0. The highest BCUT2D eigenvalue weighted by Crippen LogP contribution is 2.30. The predicted molar refractivity (Wildman–Crippen MR) is 113 cm³/mol. The fourth-order valence-corrected chi connectivity index (χ4v) is 3.05. The van der Waals surface area contributed by atoms with Crippen LogP contribution in [0.15, 0.2) is 52.9 Å². The lowest BCUT2D eigenvalue weighted by atomic mass is 10.1. The first-order valence-electron chi connectivity index (χ1n) is 9.88. The summed E-state index contributed by atoms with van der Waals surface area (Å²) in [7, 11) is 1.57. The van der Waals surface area contributed by atoms with Gasteiger partial charge in [0.15, 0.2) is 17.6 Å². The Hall–Kier alpha value is -3.79. The predicted octanol–water partition coefficient (Wildman–Crippen LogP) is 4.63. The van der Waals surface area contributed by atoms with E-state index in [0.717, 1.165) is 11.1 Å². The fourth-order valence-electron chi connectivity index (χ4n) is 3.05. The first-order valence-corrected chi connectivity index (χ1v) is 9.88. The molecule has 31 heavy (non-hydrogen) atoms. The van der Waals surface area contributed by atoms with Crippen LogP contribution in [0.1, 0.15) is 30.4 Å². The third-order valence-corrected chi connectivity index (χ3v) is 4.65. The molecule has 1 unspecified atom stereocenters. The van der Waals surface area contributed by atoms with Crippen molar-refractivity contribution in [3.05, 3.63) is 65.5 Å². The minimum atomic E-state index is -0.770. The summed E-state index contributed by atoms with van der Waals surface area (Å²) in [5.74, 6) is 1.93. The molecule has 1 atom stereocenters. The molecule has 1 heterocycles. The highest BCUT2D eigenvalue weighted by molar-refractivity contribution is 5.66. The Balaban J connectivity index is 1.65. The molecule has 0 spiro atoms. The number of aromatic nitrogens is 1. The number of carbonyl (C=O) groups is 1. The van der Waals surface area contributed by atoms with Gasteiger partial charge in [0.2, 0.25) is 5.89 Å². The zero-order chi connectivity index (χ0) is 22.2. The largest absolute Gasteiger partial charge is 0.493 e. The van der Waals surface area contributed by atoms with Crippen molar-refractivity contribution >= 4 is 5.97 Å². The molecule has 0 radical (unpaired) electrons. The van der Waals surface area contributed by atoms with Crippen molar-refractivity contribution in [2.24, 2.45) is 0 Å². The van der Waals surface area contributed by atoms with Crippen molar-refractivity contribution < 1.29 is 23.4 Å². The monoisotopic (exact) mass is 420 g/mol. The van der Waals surface area contributed by atoms with E-state index in [1.807, 2.05) is 61.5 Å². The Kier molecular flexibility index (Phi) is 7.28. The third kappa shape index (κ3) is 5.86. The van der Waals surface area contributed by atoms with Crippen LogP contribution in [0, 0.1) is 18.3 Å². The first-order chi connectivity index (χ1) is 15.0. The highest BCUT2D eigenvalue weighted by atomic mass is 16.5. The van der Waals surface area contributed by atoms with E-state index < -0.39 is 12.1 Å². The average Bonchev–Trinajstić information content (AvgIpc) is 3.16.